The molecule has 0 aliphatic carbocycles. The van der Waals surface area contributed by atoms with E-state index in [1.165, 1.54) is 24.3 Å². The van der Waals surface area contributed by atoms with Gasteiger partial charge in [-0.15, -0.1) is 0 Å². The number of nitrogens with zero attached hydrogens (tertiary/aromatic N) is 1. The van der Waals surface area contributed by atoms with Gasteiger partial charge in [0.25, 0.3) is 0 Å². The van der Waals surface area contributed by atoms with Crippen molar-refractivity contribution in [2.75, 3.05) is 5.73 Å². The van der Waals surface area contributed by atoms with Crippen LogP contribution in [-0.4, -0.2) is 15.1 Å². The molecule has 0 aromatic heterocycles. The molecule has 120 valence electrons. The number of nitrogens with two attached hydrogens (primary N) is 1. The van der Waals surface area contributed by atoms with Gasteiger partial charge in [0, 0.05) is 7.49 Å². The highest BCUT2D eigenvalue weighted by atomic mass is 19.1. The van der Waals surface area contributed by atoms with E-state index in [4.69, 9.17) is 15.9 Å². The third kappa shape index (κ3) is 4.76. The lowest BCUT2D eigenvalue weighted by atomic mass is 10.2. The summed E-state index contributed by atoms with van der Waals surface area (Å²) in [6, 6.07) is 7.41. The zero-order chi connectivity index (χ0) is 16.7. The number of nitro benzene ring substituents is 1. The monoisotopic (exact) mass is 314 g/mol. The van der Waals surface area contributed by atoms with Gasteiger partial charge >= 0.3 is 5.69 Å². The molecule has 8 heteroatoms. The van der Waals surface area contributed by atoms with Crippen molar-refractivity contribution >= 4 is 11.4 Å². The Morgan fingerprint density at radius 2 is 1.55 bits per heavy atom. The molecule has 4 N–H and O–H groups in total. The molecule has 0 saturated carbocycles. The molecule has 0 amide bonds. The van der Waals surface area contributed by atoms with E-state index < -0.39 is 22.2 Å². The van der Waals surface area contributed by atoms with Gasteiger partial charge in [0.1, 0.15) is 5.82 Å². The minimum atomic E-state index is -0.891. The predicted molar refractivity (Wildman–Crippen MR) is 77.8 cm³/mol. The summed E-state index contributed by atoms with van der Waals surface area (Å²) in [7, 11) is 0. The van der Waals surface area contributed by atoms with Crippen LogP contribution in [0.15, 0.2) is 36.4 Å². The minimum Gasteiger partial charge on any atom is -0.396 e. The molecule has 0 fully saturated rings. The molecular formula is C14H16F2N2O4. The van der Waals surface area contributed by atoms with E-state index in [-0.39, 0.29) is 20.3 Å². The lowest BCUT2D eigenvalue weighted by Crippen LogP contribution is -1.94. The van der Waals surface area contributed by atoms with Gasteiger partial charge in [-0.2, -0.15) is 4.39 Å². The average Bonchev–Trinajstić information content (AvgIpc) is 2.51. The van der Waals surface area contributed by atoms with Crippen molar-refractivity contribution < 1.29 is 25.3 Å². The van der Waals surface area contributed by atoms with Gasteiger partial charge in [-0.05, 0) is 29.3 Å². The number of anilines is 1. The highest BCUT2D eigenvalue weighted by molar-refractivity contribution is 5.42. The van der Waals surface area contributed by atoms with E-state index in [2.05, 4.69) is 0 Å². The first-order chi connectivity index (χ1) is 10.4. The Labute approximate surface area is 126 Å². The van der Waals surface area contributed by atoms with Gasteiger partial charge in [-0.1, -0.05) is 12.1 Å². The van der Waals surface area contributed by atoms with E-state index in [9.17, 15) is 18.9 Å². The number of aliphatic hydroxyl groups is 2. The maximum atomic E-state index is 12.6. The van der Waals surface area contributed by atoms with Crippen molar-refractivity contribution in [2.45, 2.75) is 13.2 Å². The molecule has 0 radical (unpaired) electrons. The lowest BCUT2D eigenvalue weighted by molar-refractivity contribution is -0.387. The van der Waals surface area contributed by atoms with Crippen LogP contribution in [0.4, 0.5) is 20.2 Å². The molecule has 0 aliphatic rings. The quantitative estimate of drug-likeness (QED) is 0.458. The van der Waals surface area contributed by atoms with Crippen LogP contribution in [0.25, 0.3) is 0 Å². The van der Waals surface area contributed by atoms with Crippen molar-refractivity contribution in [2.24, 2.45) is 0 Å². The van der Waals surface area contributed by atoms with Gasteiger partial charge in [0.2, 0.25) is 5.82 Å². The Morgan fingerprint density at radius 3 is 2.00 bits per heavy atom. The topological polar surface area (TPSA) is 110 Å². The molecule has 0 atom stereocenters. The Hall–Kier alpha value is -2.58. The van der Waals surface area contributed by atoms with Crippen LogP contribution in [0, 0.1) is 21.7 Å². The zero-order valence-corrected chi connectivity index (χ0v) is 11.4. The fourth-order valence-electron chi connectivity index (χ4n) is 1.49. The second kappa shape index (κ2) is 8.01. The van der Waals surface area contributed by atoms with Gasteiger partial charge in [-0.25, -0.2) is 4.39 Å². The highest BCUT2D eigenvalue weighted by Crippen LogP contribution is 2.18. The summed E-state index contributed by atoms with van der Waals surface area (Å²) in [6.45, 7) is -0.439. The van der Waals surface area contributed by atoms with E-state index in [1.54, 1.807) is 0 Å². The third-order valence-electron chi connectivity index (χ3n) is 2.63. The fraction of sp³-hybridized carbons (Fsp3) is 0.143. The van der Waals surface area contributed by atoms with Crippen molar-refractivity contribution in [3.8, 4) is 0 Å². The van der Waals surface area contributed by atoms with Crippen LogP contribution in [0.5, 0.6) is 0 Å². The lowest BCUT2D eigenvalue weighted by Gasteiger charge is -1.97. The first-order valence-electron chi connectivity index (χ1n) is 6.07. The van der Waals surface area contributed by atoms with Gasteiger partial charge in [0.05, 0.1) is 23.8 Å². The number of aliphatic hydroxyl groups excluding tert-OH is 2. The Balaban J connectivity index is 0.000000409. The van der Waals surface area contributed by atoms with Crippen LogP contribution in [0.2, 0.25) is 0 Å². The molecule has 2 aromatic carbocycles. The molecule has 0 bridgehead atoms. The second-order valence-electron chi connectivity index (χ2n) is 4.21. The third-order valence-corrected chi connectivity index (χ3v) is 2.63. The Bertz CT molecular complexity index is 671. The number of rotatable bonds is 3. The molecule has 0 unspecified atom stereocenters. The number of halogens is 2. The van der Waals surface area contributed by atoms with Crippen LogP contribution in [0.3, 0.4) is 0 Å². The number of nitrogen functional groups attached to an aromatic ring is 1. The molecule has 0 heterocycles. The van der Waals surface area contributed by atoms with E-state index in [1.807, 2.05) is 0 Å². The first-order valence-corrected chi connectivity index (χ1v) is 6.07. The summed E-state index contributed by atoms with van der Waals surface area (Å²) in [4.78, 5) is 9.35. The summed E-state index contributed by atoms with van der Waals surface area (Å²) < 4.78 is 25.1. The molecule has 2 aromatic rings. The summed E-state index contributed by atoms with van der Waals surface area (Å²) in [5.41, 5.74) is 5.62. The van der Waals surface area contributed by atoms with Gasteiger partial charge < -0.3 is 15.9 Å². The average molecular weight is 314 g/mol. The largest absolute Gasteiger partial charge is 0.396 e. The molecule has 0 aliphatic heterocycles. The minimum absolute atomic E-state index is 0. The fourth-order valence-corrected chi connectivity index (χ4v) is 1.49. The normalized spacial score (nSPS) is 9.82. The Kier molecular flexibility index (Phi) is 6.36. The molecule has 2 rings (SSSR count). The van der Waals surface area contributed by atoms with Crippen LogP contribution in [0.1, 0.15) is 12.6 Å². The van der Waals surface area contributed by atoms with Crippen LogP contribution >= 0.6 is 0 Å². The highest BCUT2D eigenvalue weighted by Gasteiger charge is 2.13. The van der Waals surface area contributed by atoms with Crippen molar-refractivity contribution in [1.82, 2.24) is 0 Å². The molecule has 22 heavy (non-hydrogen) atoms. The molecule has 0 saturated heterocycles. The van der Waals surface area contributed by atoms with E-state index >= 15 is 0 Å². The maximum absolute atomic E-state index is 12.6. The number of benzene rings is 2. The summed E-state index contributed by atoms with van der Waals surface area (Å²) in [5, 5.41) is 27.3. The molecular weight excluding hydrogens is 298 g/mol. The number of hydrogen-bond acceptors (Lipinski definition) is 5. The molecule has 0 spiro atoms. The predicted octanol–water partition coefficient (Wildman–Crippen LogP) is 2.37. The van der Waals surface area contributed by atoms with Gasteiger partial charge in [-0.3, -0.25) is 10.1 Å². The maximum Gasteiger partial charge on any atom is 0.305 e. The van der Waals surface area contributed by atoms with Crippen LogP contribution in [-0.2, 0) is 13.2 Å². The SMILES string of the molecule is Nc1cc(CO)ccc1F.O=[N+]([O-])c1cc(CO)ccc1F.[HH]. The molecule has 6 nitrogen and oxygen atoms in total. The zero-order valence-electron chi connectivity index (χ0n) is 11.4. The number of nitro groups is 1. The summed E-state index contributed by atoms with van der Waals surface area (Å²) >= 11 is 0. The van der Waals surface area contributed by atoms with Crippen molar-refractivity contribution in [3.63, 3.8) is 0 Å². The van der Waals surface area contributed by atoms with E-state index in [0.717, 1.165) is 12.1 Å². The van der Waals surface area contributed by atoms with Crippen LogP contribution < -0.4 is 5.73 Å². The summed E-state index contributed by atoms with van der Waals surface area (Å²) in [6.07, 6.45) is 0. The first kappa shape index (κ1) is 17.5. The summed E-state index contributed by atoms with van der Waals surface area (Å²) in [5.74, 6) is -1.34. The standard InChI is InChI=1S/C7H6FNO3.C7H8FNO.H2/c8-6-2-1-5(4-10)3-7(6)9(11)12;8-6-2-1-5(4-10)3-7(6)9;/h1-3,10H,4H2;1-3,10H,4,9H2;1H. The van der Waals surface area contributed by atoms with E-state index in [0.29, 0.717) is 11.1 Å². The smallest absolute Gasteiger partial charge is 0.305 e. The van der Waals surface area contributed by atoms with Gasteiger partial charge in [0.15, 0.2) is 0 Å². The van der Waals surface area contributed by atoms with Crippen molar-refractivity contribution in [3.05, 3.63) is 69.3 Å². The number of hydrogen-bond donors (Lipinski definition) is 3. The van der Waals surface area contributed by atoms with Crippen molar-refractivity contribution in [1.29, 1.82) is 0 Å². The second-order valence-corrected chi connectivity index (χ2v) is 4.21. The Morgan fingerprint density at radius 1 is 1.05 bits per heavy atom.